The highest BCUT2D eigenvalue weighted by molar-refractivity contribution is 7.13. The minimum Gasteiger partial charge on any atom is -0.461 e. The number of hydrogen-bond acceptors (Lipinski definition) is 6. The number of furan rings is 1. The molecule has 0 aliphatic rings. The summed E-state index contributed by atoms with van der Waals surface area (Å²) in [6.45, 7) is 5.81. The van der Waals surface area contributed by atoms with Crippen LogP contribution in [0.5, 0.6) is 0 Å². The molecule has 1 aromatic carbocycles. The number of thiazole rings is 1. The van der Waals surface area contributed by atoms with Crippen LogP contribution in [0.4, 0.5) is 5.13 Å². The molecule has 27 heavy (non-hydrogen) atoms. The van der Waals surface area contributed by atoms with Crippen molar-refractivity contribution in [2.45, 2.75) is 33.6 Å². The van der Waals surface area contributed by atoms with Crippen LogP contribution < -0.4 is 10.9 Å². The predicted molar refractivity (Wildman–Crippen MR) is 106 cm³/mol. The van der Waals surface area contributed by atoms with Crippen LogP contribution in [0.2, 0.25) is 0 Å². The lowest BCUT2D eigenvalue weighted by molar-refractivity contribution is -0.116. The normalized spacial score (nSPS) is 11.4. The van der Waals surface area contributed by atoms with Crippen LogP contribution in [-0.4, -0.2) is 10.9 Å². The smallest absolute Gasteiger partial charge is 0.339 e. The van der Waals surface area contributed by atoms with Gasteiger partial charge in [0.25, 0.3) is 0 Å². The third kappa shape index (κ3) is 3.14. The van der Waals surface area contributed by atoms with Gasteiger partial charge in [-0.25, -0.2) is 9.78 Å². The van der Waals surface area contributed by atoms with E-state index < -0.39 is 5.63 Å². The second-order valence-corrected chi connectivity index (χ2v) is 7.40. The average molecular weight is 382 g/mol. The monoisotopic (exact) mass is 382 g/mol. The third-order valence-corrected chi connectivity index (χ3v) is 5.55. The van der Waals surface area contributed by atoms with Gasteiger partial charge in [0.15, 0.2) is 5.13 Å². The quantitative estimate of drug-likeness (QED) is 0.526. The molecule has 0 unspecified atom stereocenters. The van der Waals surface area contributed by atoms with Crippen LogP contribution in [0.25, 0.3) is 21.9 Å². The summed E-state index contributed by atoms with van der Waals surface area (Å²) in [6.07, 6.45) is 2.12. The molecule has 7 heteroatoms. The Labute approximate surface area is 158 Å². The molecule has 0 saturated heterocycles. The summed E-state index contributed by atoms with van der Waals surface area (Å²) in [4.78, 5) is 28.6. The van der Waals surface area contributed by atoms with Crippen LogP contribution >= 0.6 is 11.3 Å². The maximum absolute atomic E-state index is 12.5. The van der Waals surface area contributed by atoms with Crippen LogP contribution in [0.1, 0.15) is 28.9 Å². The number of aryl methyl sites for hydroxylation is 3. The highest BCUT2D eigenvalue weighted by Gasteiger charge is 2.16. The fraction of sp³-hybridized carbons (Fsp3) is 0.250. The Hall–Kier alpha value is -2.93. The summed E-state index contributed by atoms with van der Waals surface area (Å²) in [5, 5.41) is 6.93. The summed E-state index contributed by atoms with van der Waals surface area (Å²) < 4.78 is 11.2. The third-order valence-electron chi connectivity index (χ3n) is 4.86. The zero-order valence-electron chi connectivity index (χ0n) is 15.2. The van der Waals surface area contributed by atoms with E-state index in [0.717, 1.165) is 27.7 Å². The van der Waals surface area contributed by atoms with Crippen LogP contribution in [0.3, 0.4) is 0 Å². The van der Waals surface area contributed by atoms with Gasteiger partial charge in [0.1, 0.15) is 16.9 Å². The number of nitrogens with zero attached hydrogens (tertiary/aromatic N) is 1. The fourth-order valence-corrected chi connectivity index (χ4v) is 3.76. The molecule has 3 aromatic heterocycles. The first-order chi connectivity index (χ1) is 12.9. The zero-order valence-corrected chi connectivity index (χ0v) is 16.0. The lowest BCUT2D eigenvalue weighted by Gasteiger charge is -2.08. The molecule has 0 spiro atoms. The van der Waals surface area contributed by atoms with E-state index in [0.29, 0.717) is 28.3 Å². The van der Waals surface area contributed by atoms with Gasteiger partial charge in [-0.3, -0.25) is 4.79 Å². The Balaban J connectivity index is 1.68. The Morgan fingerprint density at radius 2 is 1.85 bits per heavy atom. The molecule has 0 bridgehead atoms. The number of hydrogen-bond donors (Lipinski definition) is 1. The van der Waals surface area contributed by atoms with Gasteiger partial charge < -0.3 is 14.2 Å². The Morgan fingerprint density at radius 1 is 1.11 bits per heavy atom. The second-order valence-electron chi connectivity index (χ2n) is 6.51. The van der Waals surface area contributed by atoms with Crippen molar-refractivity contribution in [1.82, 2.24) is 4.98 Å². The Bertz CT molecular complexity index is 1220. The molecule has 0 saturated carbocycles. The van der Waals surface area contributed by atoms with E-state index in [-0.39, 0.29) is 12.3 Å². The molecule has 4 rings (SSSR count). The molecule has 0 fully saturated rings. The maximum atomic E-state index is 12.5. The van der Waals surface area contributed by atoms with E-state index in [2.05, 4.69) is 10.3 Å². The van der Waals surface area contributed by atoms with Gasteiger partial charge in [0.05, 0.1) is 0 Å². The number of carbonyl (C=O) groups excluding carboxylic acids is 1. The summed E-state index contributed by atoms with van der Waals surface area (Å²) >= 11 is 1.35. The molecule has 0 aliphatic carbocycles. The summed E-state index contributed by atoms with van der Waals surface area (Å²) in [5.74, 6) is 0.667. The Kier molecular flexibility index (Phi) is 4.31. The van der Waals surface area contributed by atoms with Gasteiger partial charge in [-0.1, -0.05) is 0 Å². The molecular formula is C20H18N2O4S. The van der Waals surface area contributed by atoms with Crippen LogP contribution in [-0.2, 0) is 11.2 Å². The molecule has 0 aliphatic heterocycles. The largest absolute Gasteiger partial charge is 0.461 e. The molecule has 1 amide bonds. The average Bonchev–Trinajstić information content (AvgIpc) is 3.22. The zero-order chi connectivity index (χ0) is 19.1. The molecule has 1 N–H and O–H groups in total. The number of nitrogens with one attached hydrogen (secondary N) is 1. The number of anilines is 1. The highest BCUT2D eigenvalue weighted by atomic mass is 32.1. The predicted octanol–water partition coefficient (Wildman–Crippen LogP) is 4.49. The van der Waals surface area contributed by atoms with Crippen molar-refractivity contribution in [3.05, 3.63) is 56.6 Å². The van der Waals surface area contributed by atoms with Gasteiger partial charge >= 0.3 is 5.63 Å². The minimum atomic E-state index is -0.415. The fourth-order valence-electron chi connectivity index (χ4n) is 3.22. The van der Waals surface area contributed by atoms with Crippen LogP contribution in [0.15, 0.2) is 37.3 Å². The molecular weight excluding hydrogens is 364 g/mol. The van der Waals surface area contributed by atoms with Gasteiger partial charge in [0.2, 0.25) is 5.91 Å². The van der Waals surface area contributed by atoms with Crippen molar-refractivity contribution >= 4 is 44.3 Å². The SMILES string of the molecule is Cc1oc2cc3oc(=O)c(CCC(=O)Nc4nccs4)c(C)c3cc2c1C. The van der Waals surface area contributed by atoms with Crippen molar-refractivity contribution in [3.63, 3.8) is 0 Å². The maximum Gasteiger partial charge on any atom is 0.339 e. The minimum absolute atomic E-state index is 0.180. The van der Waals surface area contributed by atoms with Crippen molar-refractivity contribution in [1.29, 1.82) is 0 Å². The summed E-state index contributed by atoms with van der Waals surface area (Å²) in [7, 11) is 0. The number of aromatic nitrogens is 1. The molecule has 0 atom stereocenters. The molecule has 6 nitrogen and oxygen atoms in total. The van der Waals surface area contributed by atoms with Crippen molar-refractivity contribution in [3.8, 4) is 0 Å². The highest BCUT2D eigenvalue weighted by Crippen LogP contribution is 2.31. The lowest BCUT2D eigenvalue weighted by atomic mass is 10.0. The second kappa shape index (κ2) is 6.66. The summed E-state index contributed by atoms with van der Waals surface area (Å²) in [6, 6.07) is 3.76. The summed E-state index contributed by atoms with van der Waals surface area (Å²) in [5.41, 5.74) is 3.21. The van der Waals surface area contributed by atoms with E-state index in [1.54, 1.807) is 17.6 Å². The first-order valence-electron chi connectivity index (χ1n) is 8.59. The van der Waals surface area contributed by atoms with E-state index in [1.807, 2.05) is 26.8 Å². The topological polar surface area (TPSA) is 85.3 Å². The van der Waals surface area contributed by atoms with Crippen LogP contribution in [0, 0.1) is 20.8 Å². The lowest BCUT2D eigenvalue weighted by Crippen LogP contribution is -2.16. The first-order valence-corrected chi connectivity index (χ1v) is 9.47. The van der Waals surface area contributed by atoms with Gasteiger partial charge in [-0.05, 0) is 44.4 Å². The van der Waals surface area contributed by atoms with Crippen molar-refractivity contribution in [2.24, 2.45) is 0 Å². The number of carbonyl (C=O) groups is 1. The molecule has 0 radical (unpaired) electrons. The van der Waals surface area contributed by atoms with Gasteiger partial charge in [-0.2, -0.15) is 0 Å². The first kappa shape index (κ1) is 17.5. The number of rotatable bonds is 4. The number of amides is 1. The standard InChI is InChI=1S/C20H18N2O4S/c1-10-12(3)25-16-9-17-15(8-14(10)16)11(2)13(19(24)26-17)4-5-18(23)22-20-21-6-7-27-20/h6-9H,4-5H2,1-3H3,(H,21,22,23). The molecule has 138 valence electrons. The van der Waals surface area contributed by atoms with E-state index >= 15 is 0 Å². The molecule has 4 aromatic rings. The Morgan fingerprint density at radius 3 is 2.59 bits per heavy atom. The van der Waals surface area contributed by atoms with E-state index in [1.165, 1.54) is 11.3 Å². The number of fused-ring (bicyclic) bond motifs is 2. The van der Waals surface area contributed by atoms with Gasteiger partial charge in [-0.15, -0.1) is 11.3 Å². The molecule has 3 heterocycles. The van der Waals surface area contributed by atoms with Crippen molar-refractivity contribution < 1.29 is 13.6 Å². The van der Waals surface area contributed by atoms with E-state index in [4.69, 9.17) is 8.83 Å². The van der Waals surface area contributed by atoms with E-state index in [9.17, 15) is 9.59 Å². The van der Waals surface area contributed by atoms with Gasteiger partial charge in [0, 0.05) is 40.4 Å². The number of benzene rings is 1. The van der Waals surface area contributed by atoms with Crippen molar-refractivity contribution in [2.75, 3.05) is 5.32 Å².